The van der Waals surface area contributed by atoms with Gasteiger partial charge in [0.2, 0.25) is 0 Å². The van der Waals surface area contributed by atoms with E-state index in [4.69, 9.17) is 0 Å². The number of fused-ring (bicyclic) bond motifs is 5. The van der Waals surface area contributed by atoms with Crippen LogP contribution in [0.25, 0.3) is 0 Å². The number of hydrogen-bond acceptors (Lipinski definition) is 2. The van der Waals surface area contributed by atoms with Crippen LogP contribution in [0.4, 0.5) is 0 Å². The van der Waals surface area contributed by atoms with Crippen LogP contribution in [0.3, 0.4) is 0 Å². The second kappa shape index (κ2) is 4.72. The average molecular weight is 306 g/mol. The maximum Gasteiger partial charge on any atom is 0.0675 e. The standard InChI is InChI=1S/C20H34O2/c1-18-9-6-14(21)12-13(18)4-5-15-16(18)7-10-19(2)17(15)8-11-20(19,3)22/h13-17,21-22H,4-12H2,1-3H3/t13-,14-,15?,16?,17?,18?,19?,20-/m1/s1. The third-order valence-electron chi connectivity index (χ3n) is 9.20. The van der Waals surface area contributed by atoms with Gasteiger partial charge in [-0.2, -0.15) is 0 Å². The summed E-state index contributed by atoms with van der Waals surface area (Å²) < 4.78 is 0. The number of hydrogen-bond donors (Lipinski definition) is 2. The van der Waals surface area contributed by atoms with Crippen LogP contribution >= 0.6 is 0 Å². The molecule has 4 aliphatic carbocycles. The van der Waals surface area contributed by atoms with Gasteiger partial charge in [0.1, 0.15) is 0 Å². The van der Waals surface area contributed by atoms with E-state index in [0.29, 0.717) is 5.41 Å². The van der Waals surface area contributed by atoms with Gasteiger partial charge in [-0.05, 0) is 99.2 Å². The van der Waals surface area contributed by atoms with E-state index in [2.05, 4.69) is 20.8 Å². The van der Waals surface area contributed by atoms with Crippen molar-refractivity contribution in [2.75, 3.05) is 0 Å². The van der Waals surface area contributed by atoms with Crippen LogP contribution in [0.15, 0.2) is 0 Å². The summed E-state index contributed by atoms with van der Waals surface area (Å²) in [6.07, 6.45) is 10.6. The lowest BCUT2D eigenvalue weighted by molar-refractivity contribution is -0.153. The molecule has 0 spiro atoms. The Kier molecular flexibility index (Phi) is 3.32. The summed E-state index contributed by atoms with van der Waals surface area (Å²) in [5.74, 6) is 3.13. The van der Waals surface area contributed by atoms with Crippen molar-refractivity contribution in [2.24, 2.45) is 34.5 Å². The first-order valence-electron chi connectivity index (χ1n) is 9.68. The summed E-state index contributed by atoms with van der Waals surface area (Å²) in [5, 5.41) is 21.0. The molecule has 5 unspecified atom stereocenters. The van der Waals surface area contributed by atoms with Gasteiger partial charge in [0.25, 0.3) is 0 Å². The van der Waals surface area contributed by atoms with Crippen molar-refractivity contribution in [1.29, 1.82) is 0 Å². The van der Waals surface area contributed by atoms with Gasteiger partial charge in [0, 0.05) is 0 Å². The highest BCUT2D eigenvalue weighted by Crippen LogP contribution is 2.68. The fraction of sp³-hybridized carbons (Fsp3) is 1.00. The first kappa shape index (κ1) is 15.4. The second-order valence-corrected chi connectivity index (χ2v) is 9.85. The monoisotopic (exact) mass is 306 g/mol. The van der Waals surface area contributed by atoms with Crippen LogP contribution in [-0.2, 0) is 0 Å². The zero-order valence-electron chi connectivity index (χ0n) is 14.6. The van der Waals surface area contributed by atoms with Gasteiger partial charge in [-0.15, -0.1) is 0 Å². The maximum absolute atomic E-state index is 10.9. The largest absolute Gasteiger partial charge is 0.393 e. The first-order valence-corrected chi connectivity index (χ1v) is 9.68. The highest BCUT2D eigenvalue weighted by Gasteiger charge is 2.63. The molecule has 0 amide bonds. The maximum atomic E-state index is 10.9. The van der Waals surface area contributed by atoms with E-state index in [1.807, 2.05) is 0 Å². The van der Waals surface area contributed by atoms with Crippen molar-refractivity contribution in [3.63, 3.8) is 0 Å². The van der Waals surface area contributed by atoms with Gasteiger partial charge in [-0.25, -0.2) is 0 Å². The Hall–Kier alpha value is -0.0800. The molecule has 4 aliphatic rings. The van der Waals surface area contributed by atoms with Crippen molar-refractivity contribution < 1.29 is 10.2 Å². The van der Waals surface area contributed by atoms with Crippen molar-refractivity contribution in [3.8, 4) is 0 Å². The van der Waals surface area contributed by atoms with Crippen LogP contribution in [0.2, 0.25) is 0 Å². The fourth-order valence-corrected chi connectivity index (χ4v) is 7.48. The van der Waals surface area contributed by atoms with Crippen molar-refractivity contribution in [3.05, 3.63) is 0 Å². The van der Waals surface area contributed by atoms with E-state index in [1.54, 1.807) is 0 Å². The van der Waals surface area contributed by atoms with Gasteiger partial charge in [-0.3, -0.25) is 0 Å². The summed E-state index contributed by atoms with van der Waals surface area (Å²) >= 11 is 0. The first-order chi connectivity index (χ1) is 10.3. The third-order valence-corrected chi connectivity index (χ3v) is 9.20. The van der Waals surface area contributed by atoms with E-state index in [9.17, 15) is 10.2 Å². The molecule has 4 fully saturated rings. The van der Waals surface area contributed by atoms with E-state index in [-0.39, 0.29) is 11.5 Å². The molecule has 22 heavy (non-hydrogen) atoms. The molecule has 2 nitrogen and oxygen atoms in total. The lowest BCUT2D eigenvalue weighted by Crippen LogP contribution is -2.56. The van der Waals surface area contributed by atoms with Crippen LogP contribution in [0.5, 0.6) is 0 Å². The molecule has 4 saturated carbocycles. The van der Waals surface area contributed by atoms with Crippen molar-refractivity contribution >= 4 is 0 Å². The Morgan fingerprint density at radius 1 is 0.818 bits per heavy atom. The van der Waals surface area contributed by atoms with Gasteiger partial charge in [0.05, 0.1) is 11.7 Å². The van der Waals surface area contributed by atoms with E-state index in [0.717, 1.165) is 42.9 Å². The SMILES string of the molecule is CC12CC[C@@H](O)C[C@H]1CCC1C2CCC2(C)C1CC[C@@]2(C)O. The Labute approximate surface area is 135 Å². The summed E-state index contributed by atoms with van der Waals surface area (Å²) in [4.78, 5) is 0. The van der Waals surface area contributed by atoms with Gasteiger partial charge >= 0.3 is 0 Å². The fourth-order valence-electron chi connectivity index (χ4n) is 7.48. The minimum absolute atomic E-state index is 0.0457. The van der Waals surface area contributed by atoms with Gasteiger partial charge in [-0.1, -0.05) is 13.8 Å². The van der Waals surface area contributed by atoms with Crippen LogP contribution < -0.4 is 0 Å². The second-order valence-electron chi connectivity index (χ2n) is 9.85. The zero-order valence-corrected chi connectivity index (χ0v) is 14.6. The number of aliphatic hydroxyl groups is 2. The lowest BCUT2D eigenvalue weighted by atomic mass is 9.44. The van der Waals surface area contributed by atoms with Crippen molar-refractivity contribution in [1.82, 2.24) is 0 Å². The Bertz CT molecular complexity index is 459. The van der Waals surface area contributed by atoms with Crippen LogP contribution in [0.1, 0.15) is 78.6 Å². The molecular weight excluding hydrogens is 272 g/mol. The van der Waals surface area contributed by atoms with E-state index < -0.39 is 5.60 Å². The summed E-state index contributed by atoms with van der Waals surface area (Å²) in [6, 6.07) is 0. The molecule has 2 heteroatoms. The Morgan fingerprint density at radius 2 is 1.55 bits per heavy atom. The lowest BCUT2D eigenvalue weighted by Gasteiger charge is -2.61. The number of aliphatic hydroxyl groups excluding tert-OH is 1. The smallest absolute Gasteiger partial charge is 0.0675 e. The topological polar surface area (TPSA) is 40.5 Å². The molecule has 0 saturated heterocycles. The summed E-state index contributed by atoms with van der Waals surface area (Å²) in [6.45, 7) is 7.01. The molecule has 0 radical (unpaired) electrons. The molecule has 0 aromatic heterocycles. The normalized spacial score (nSPS) is 61.2. The summed E-state index contributed by atoms with van der Waals surface area (Å²) in [7, 11) is 0. The molecule has 126 valence electrons. The quantitative estimate of drug-likeness (QED) is 0.706. The van der Waals surface area contributed by atoms with Gasteiger partial charge in [0.15, 0.2) is 0 Å². The number of rotatable bonds is 0. The molecule has 2 N–H and O–H groups in total. The minimum Gasteiger partial charge on any atom is -0.393 e. The Balaban J connectivity index is 1.64. The van der Waals surface area contributed by atoms with E-state index in [1.165, 1.54) is 38.5 Å². The minimum atomic E-state index is -0.455. The molecule has 8 atom stereocenters. The third kappa shape index (κ3) is 1.86. The predicted molar refractivity (Wildman–Crippen MR) is 88.4 cm³/mol. The van der Waals surface area contributed by atoms with Crippen LogP contribution in [-0.4, -0.2) is 21.9 Å². The summed E-state index contributed by atoms with van der Waals surface area (Å²) in [5.41, 5.74) is 0.145. The molecule has 0 aliphatic heterocycles. The molecule has 0 aromatic rings. The van der Waals surface area contributed by atoms with Crippen molar-refractivity contribution in [2.45, 2.75) is 90.3 Å². The molecule has 0 heterocycles. The molecule has 0 aromatic carbocycles. The highest BCUT2D eigenvalue weighted by atomic mass is 16.3. The van der Waals surface area contributed by atoms with Crippen LogP contribution in [0, 0.1) is 34.5 Å². The van der Waals surface area contributed by atoms with Gasteiger partial charge < -0.3 is 10.2 Å². The average Bonchev–Trinajstić information content (AvgIpc) is 2.70. The zero-order chi connectivity index (χ0) is 15.8. The molecule has 0 bridgehead atoms. The molecular formula is C20H34O2. The Morgan fingerprint density at radius 3 is 2.32 bits per heavy atom. The predicted octanol–water partition coefficient (Wildman–Crippen LogP) is 4.14. The highest BCUT2D eigenvalue weighted by molar-refractivity contribution is 5.12. The molecule has 4 rings (SSSR count). The van der Waals surface area contributed by atoms with E-state index >= 15 is 0 Å².